The minimum absolute atomic E-state index is 0.317. The van der Waals surface area contributed by atoms with Crippen molar-refractivity contribution >= 4 is 5.91 Å². The van der Waals surface area contributed by atoms with Gasteiger partial charge >= 0.3 is 12.3 Å². The van der Waals surface area contributed by atoms with Crippen LogP contribution in [0.15, 0.2) is 0 Å². The van der Waals surface area contributed by atoms with Crippen molar-refractivity contribution in [1.82, 2.24) is 4.90 Å². The fraction of sp³-hybridized carbons (Fsp3) is 0.889. The molecule has 0 heterocycles. The van der Waals surface area contributed by atoms with Crippen molar-refractivity contribution in [2.45, 2.75) is 44.1 Å². The van der Waals surface area contributed by atoms with Crippen LogP contribution in [0.5, 0.6) is 0 Å². The number of rotatable bonds is 3. The van der Waals surface area contributed by atoms with Crippen LogP contribution in [0.4, 0.5) is 17.6 Å². The Morgan fingerprint density at radius 1 is 1.33 bits per heavy atom. The third kappa shape index (κ3) is 2.41. The predicted octanol–water partition coefficient (Wildman–Crippen LogP) is 2.29. The van der Waals surface area contributed by atoms with Gasteiger partial charge in [0.1, 0.15) is 0 Å². The van der Waals surface area contributed by atoms with E-state index in [1.54, 1.807) is 0 Å². The summed E-state index contributed by atoms with van der Waals surface area (Å²) in [6, 6.07) is -0.317. The van der Waals surface area contributed by atoms with Crippen molar-refractivity contribution in [2.75, 3.05) is 7.05 Å². The maximum Gasteiger partial charge on any atom is 0.383 e. The van der Waals surface area contributed by atoms with Gasteiger partial charge in [-0.15, -0.1) is 0 Å². The summed E-state index contributed by atoms with van der Waals surface area (Å²) in [7, 11) is 1.16. The Morgan fingerprint density at radius 3 is 2.20 bits per heavy atom. The lowest BCUT2D eigenvalue weighted by molar-refractivity contribution is -0.181. The van der Waals surface area contributed by atoms with Gasteiger partial charge in [0.25, 0.3) is 5.91 Å². The highest BCUT2D eigenvalue weighted by Crippen LogP contribution is 2.29. The molecule has 0 N–H and O–H groups in total. The van der Waals surface area contributed by atoms with Gasteiger partial charge < -0.3 is 4.90 Å². The number of amides is 1. The van der Waals surface area contributed by atoms with E-state index in [4.69, 9.17) is 0 Å². The molecule has 2 nitrogen and oxygen atoms in total. The van der Waals surface area contributed by atoms with Crippen LogP contribution < -0.4 is 0 Å². The second-order valence-corrected chi connectivity index (χ2v) is 3.78. The van der Waals surface area contributed by atoms with Gasteiger partial charge in [-0.25, -0.2) is 8.78 Å². The number of halogens is 4. The molecule has 88 valence electrons. The van der Waals surface area contributed by atoms with E-state index in [2.05, 4.69) is 0 Å². The summed E-state index contributed by atoms with van der Waals surface area (Å²) in [6.07, 6.45) is -1.01. The minimum atomic E-state index is -4.56. The molecule has 0 saturated heterocycles. The minimum Gasteiger partial charge on any atom is -0.337 e. The van der Waals surface area contributed by atoms with Gasteiger partial charge in [0.05, 0.1) is 0 Å². The Hall–Kier alpha value is -0.810. The Labute approximate surface area is 85.2 Å². The normalized spacial score (nSPS) is 18.5. The molecule has 0 bridgehead atoms. The van der Waals surface area contributed by atoms with E-state index in [0.29, 0.717) is 12.8 Å². The quantitative estimate of drug-likeness (QED) is 0.677. The molecule has 1 aliphatic carbocycles. The molecular formula is C9H13F4NO. The summed E-state index contributed by atoms with van der Waals surface area (Å²) >= 11 is 0. The first kappa shape index (κ1) is 12.3. The van der Waals surface area contributed by atoms with Gasteiger partial charge in [0.15, 0.2) is 0 Å². The predicted molar refractivity (Wildman–Crippen MR) is 46.0 cm³/mol. The van der Waals surface area contributed by atoms with Crippen LogP contribution in [0.25, 0.3) is 0 Å². The molecule has 1 fully saturated rings. The summed E-state index contributed by atoms with van der Waals surface area (Å²) in [5.41, 5.74) is 0. The Balaban J connectivity index is 2.66. The topological polar surface area (TPSA) is 20.3 Å². The van der Waals surface area contributed by atoms with Crippen molar-refractivity contribution < 1.29 is 22.4 Å². The molecule has 6 heteroatoms. The molecule has 1 rings (SSSR count). The third-order valence-electron chi connectivity index (χ3n) is 2.75. The summed E-state index contributed by atoms with van der Waals surface area (Å²) in [5, 5.41) is 0. The maximum absolute atomic E-state index is 12.7. The van der Waals surface area contributed by atoms with Crippen molar-refractivity contribution in [3.05, 3.63) is 0 Å². The lowest BCUT2D eigenvalue weighted by atomic mass is 10.2. The number of hydrogen-bond acceptors (Lipinski definition) is 1. The van der Waals surface area contributed by atoms with Crippen LogP contribution in [0.2, 0.25) is 0 Å². The molecule has 0 radical (unpaired) electrons. The fourth-order valence-electron chi connectivity index (χ4n) is 1.79. The number of alkyl halides is 4. The standard InChI is InChI=1S/C9H13F4NO/c1-14(6-4-2-3-5-6)8(15)9(12,13)7(10)11/h6-7H,2-5H2,1H3. The van der Waals surface area contributed by atoms with Crippen molar-refractivity contribution in [2.24, 2.45) is 0 Å². The van der Waals surface area contributed by atoms with Gasteiger partial charge in [0, 0.05) is 13.1 Å². The van der Waals surface area contributed by atoms with E-state index in [1.807, 2.05) is 0 Å². The highest BCUT2D eigenvalue weighted by atomic mass is 19.3. The summed E-state index contributed by atoms with van der Waals surface area (Å²) < 4.78 is 49.2. The number of hydrogen-bond donors (Lipinski definition) is 0. The van der Waals surface area contributed by atoms with Gasteiger partial charge in [-0.05, 0) is 12.8 Å². The molecule has 0 aromatic rings. The molecule has 1 amide bonds. The molecule has 1 aliphatic rings. The van der Waals surface area contributed by atoms with Crippen LogP contribution in [0, 0.1) is 0 Å². The van der Waals surface area contributed by atoms with Crippen LogP contribution in [0.3, 0.4) is 0 Å². The van der Waals surface area contributed by atoms with Crippen LogP contribution in [-0.2, 0) is 4.79 Å². The lowest BCUT2D eigenvalue weighted by Crippen LogP contribution is -2.49. The van der Waals surface area contributed by atoms with Crippen LogP contribution >= 0.6 is 0 Å². The summed E-state index contributed by atoms with van der Waals surface area (Å²) in [5.74, 6) is -6.33. The first-order valence-corrected chi connectivity index (χ1v) is 4.80. The fourth-order valence-corrected chi connectivity index (χ4v) is 1.79. The van der Waals surface area contributed by atoms with Crippen molar-refractivity contribution in [3.63, 3.8) is 0 Å². The van der Waals surface area contributed by atoms with E-state index >= 15 is 0 Å². The van der Waals surface area contributed by atoms with Crippen LogP contribution in [0.1, 0.15) is 25.7 Å². The zero-order valence-corrected chi connectivity index (χ0v) is 8.35. The second-order valence-electron chi connectivity index (χ2n) is 3.78. The number of carbonyl (C=O) groups is 1. The molecule has 1 saturated carbocycles. The van der Waals surface area contributed by atoms with E-state index in [1.165, 1.54) is 0 Å². The monoisotopic (exact) mass is 227 g/mol. The Bertz CT molecular complexity index is 238. The molecule has 0 aromatic carbocycles. The smallest absolute Gasteiger partial charge is 0.337 e. The van der Waals surface area contributed by atoms with Gasteiger partial charge in [0.2, 0.25) is 0 Å². The summed E-state index contributed by atoms with van der Waals surface area (Å²) in [4.78, 5) is 11.9. The third-order valence-corrected chi connectivity index (χ3v) is 2.75. The van der Waals surface area contributed by atoms with Gasteiger partial charge in [-0.1, -0.05) is 12.8 Å². The Kier molecular flexibility index (Phi) is 3.57. The molecule has 0 spiro atoms. The molecule has 0 aromatic heterocycles. The van der Waals surface area contributed by atoms with E-state index in [-0.39, 0.29) is 6.04 Å². The average Bonchev–Trinajstić information content (AvgIpc) is 2.67. The van der Waals surface area contributed by atoms with Gasteiger partial charge in [-0.2, -0.15) is 8.78 Å². The molecule has 0 atom stereocenters. The average molecular weight is 227 g/mol. The van der Waals surface area contributed by atoms with E-state index in [9.17, 15) is 22.4 Å². The van der Waals surface area contributed by atoms with Gasteiger partial charge in [-0.3, -0.25) is 4.79 Å². The summed E-state index contributed by atoms with van der Waals surface area (Å²) in [6.45, 7) is 0. The Morgan fingerprint density at radius 2 is 1.80 bits per heavy atom. The molecule has 15 heavy (non-hydrogen) atoms. The first-order valence-electron chi connectivity index (χ1n) is 4.80. The molecule has 0 unspecified atom stereocenters. The van der Waals surface area contributed by atoms with Crippen molar-refractivity contribution in [1.29, 1.82) is 0 Å². The number of carbonyl (C=O) groups excluding carboxylic acids is 1. The highest BCUT2D eigenvalue weighted by molar-refractivity contribution is 5.84. The van der Waals surface area contributed by atoms with Crippen molar-refractivity contribution in [3.8, 4) is 0 Å². The zero-order valence-electron chi connectivity index (χ0n) is 8.35. The maximum atomic E-state index is 12.7. The largest absolute Gasteiger partial charge is 0.383 e. The van der Waals surface area contributed by atoms with Crippen LogP contribution in [-0.4, -0.2) is 36.2 Å². The zero-order chi connectivity index (χ0) is 11.6. The van der Waals surface area contributed by atoms with E-state index < -0.39 is 18.3 Å². The molecule has 0 aliphatic heterocycles. The second kappa shape index (κ2) is 4.37. The SMILES string of the molecule is CN(C(=O)C(F)(F)C(F)F)C1CCCC1. The first-order chi connectivity index (χ1) is 6.87. The number of nitrogens with zero attached hydrogens (tertiary/aromatic N) is 1. The molecular weight excluding hydrogens is 214 g/mol. The van der Waals surface area contributed by atoms with E-state index in [0.717, 1.165) is 24.8 Å². The highest BCUT2D eigenvalue weighted by Gasteiger charge is 2.51. The lowest BCUT2D eigenvalue weighted by Gasteiger charge is -2.27.